The van der Waals surface area contributed by atoms with Crippen molar-refractivity contribution >= 4 is 5.97 Å². The Hall–Kier alpha value is -2.34. The van der Waals surface area contributed by atoms with Crippen molar-refractivity contribution in [2.24, 2.45) is 0 Å². The molecule has 0 radical (unpaired) electrons. The van der Waals surface area contributed by atoms with Gasteiger partial charge in [0.1, 0.15) is 0 Å². The Bertz CT molecular complexity index is 619. The Morgan fingerprint density at radius 2 is 1.95 bits per heavy atom. The molecule has 100 valence electrons. The molecule has 1 heterocycles. The van der Waals surface area contributed by atoms with Crippen LogP contribution in [-0.4, -0.2) is 11.1 Å². The summed E-state index contributed by atoms with van der Waals surface area (Å²) < 4.78 is 14.5. The van der Waals surface area contributed by atoms with Gasteiger partial charge in [0.05, 0.1) is 6.61 Å². The minimum atomic E-state index is -0.858. The lowest BCUT2D eigenvalue weighted by Gasteiger charge is -2.02. The van der Waals surface area contributed by atoms with Gasteiger partial charge >= 0.3 is 11.8 Å². The third-order valence-corrected chi connectivity index (χ3v) is 2.45. The first-order valence-corrected chi connectivity index (χ1v) is 5.56. The van der Waals surface area contributed by atoms with Gasteiger partial charge in [0.2, 0.25) is 0 Å². The molecule has 2 rings (SSSR count). The van der Waals surface area contributed by atoms with E-state index in [9.17, 15) is 9.59 Å². The van der Waals surface area contributed by atoms with Crippen LogP contribution in [0.3, 0.4) is 0 Å². The van der Waals surface area contributed by atoms with Crippen LogP contribution in [0.1, 0.15) is 18.2 Å². The van der Waals surface area contributed by atoms with Gasteiger partial charge in [-0.25, -0.2) is 4.79 Å². The molecule has 0 spiro atoms. The zero-order valence-corrected chi connectivity index (χ0v) is 10.2. The first-order chi connectivity index (χ1) is 9.10. The highest BCUT2D eigenvalue weighted by Gasteiger charge is 2.16. The number of ether oxygens (including phenoxy) is 1. The summed E-state index contributed by atoms with van der Waals surface area (Å²) >= 11 is 0. The van der Waals surface area contributed by atoms with Gasteiger partial charge in [0.25, 0.3) is 0 Å². The number of benzene rings is 1. The van der Waals surface area contributed by atoms with E-state index in [1.807, 2.05) is 0 Å². The molecule has 6 heteroatoms. The maximum absolute atomic E-state index is 11.1. The van der Waals surface area contributed by atoms with Gasteiger partial charge in [-0.15, -0.1) is 0 Å². The van der Waals surface area contributed by atoms with Crippen LogP contribution >= 0.6 is 0 Å². The van der Waals surface area contributed by atoms with Gasteiger partial charge in [-0.3, -0.25) is 4.79 Å². The van der Waals surface area contributed by atoms with Crippen molar-refractivity contribution in [1.82, 2.24) is 0 Å². The predicted octanol–water partition coefficient (Wildman–Crippen LogP) is 1.46. The summed E-state index contributed by atoms with van der Waals surface area (Å²) in [5, 5.41) is 8.95. The SMILES string of the molecule is CC(=O)OCc1oc(=O)oc1-c1ccc(CO)cc1. The summed E-state index contributed by atoms with van der Waals surface area (Å²) in [7, 11) is 0. The minimum Gasteiger partial charge on any atom is -0.458 e. The fraction of sp³-hybridized carbons (Fsp3) is 0.231. The van der Waals surface area contributed by atoms with Crippen LogP contribution in [0.4, 0.5) is 0 Å². The van der Waals surface area contributed by atoms with Gasteiger partial charge in [0.15, 0.2) is 18.1 Å². The number of aliphatic hydroxyl groups excluding tert-OH is 1. The molecule has 0 fully saturated rings. The van der Waals surface area contributed by atoms with Crippen molar-refractivity contribution in [2.45, 2.75) is 20.1 Å². The van der Waals surface area contributed by atoms with Crippen molar-refractivity contribution in [1.29, 1.82) is 0 Å². The van der Waals surface area contributed by atoms with Crippen LogP contribution < -0.4 is 5.82 Å². The van der Waals surface area contributed by atoms with Crippen LogP contribution in [0.25, 0.3) is 11.3 Å². The van der Waals surface area contributed by atoms with E-state index >= 15 is 0 Å². The number of esters is 1. The number of hydrogen-bond donors (Lipinski definition) is 1. The molecule has 1 aromatic heterocycles. The van der Waals surface area contributed by atoms with Crippen LogP contribution in [0.2, 0.25) is 0 Å². The van der Waals surface area contributed by atoms with E-state index in [1.54, 1.807) is 24.3 Å². The van der Waals surface area contributed by atoms with Crippen molar-refractivity contribution in [3.05, 3.63) is 46.2 Å². The van der Waals surface area contributed by atoms with Gasteiger partial charge in [0, 0.05) is 12.5 Å². The smallest absolute Gasteiger partial charge is 0.458 e. The zero-order chi connectivity index (χ0) is 13.8. The summed E-state index contributed by atoms with van der Waals surface area (Å²) in [6, 6.07) is 6.74. The maximum atomic E-state index is 11.1. The lowest BCUT2D eigenvalue weighted by Crippen LogP contribution is -1.99. The van der Waals surface area contributed by atoms with E-state index in [-0.39, 0.29) is 24.7 Å². The largest absolute Gasteiger partial charge is 0.519 e. The van der Waals surface area contributed by atoms with Crippen molar-refractivity contribution in [3.63, 3.8) is 0 Å². The number of hydrogen-bond acceptors (Lipinski definition) is 6. The average molecular weight is 264 g/mol. The lowest BCUT2D eigenvalue weighted by atomic mass is 10.1. The molecule has 0 atom stereocenters. The topological polar surface area (TPSA) is 89.9 Å². The summed E-state index contributed by atoms with van der Waals surface area (Å²) in [6.07, 6.45) is 0. The molecule has 0 bridgehead atoms. The van der Waals surface area contributed by atoms with Crippen molar-refractivity contribution < 1.29 is 23.5 Å². The van der Waals surface area contributed by atoms with Crippen molar-refractivity contribution in [3.8, 4) is 11.3 Å². The van der Waals surface area contributed by atoms with E-state index in [2.05, 4.69) is 0 Å². The standard InChI is InChI=1S/C13H12O6/c1-8(15)17-7-11-12(19-13(16)18-11)10-4-2-9(6-14)3-5-10/h2-5,14H,6-7H2,1H3. The van der Waals surface area contributed by atoms with Gasteiger partial charge in [-0.2, -0.15) is 0 Å². The highest BCUT2D eigenvalue weighted by Crippen LogP contribution is 2.24. The van der Waals surface area contributed by atoms with Crippen LogP contribution in [0.5, 0.6) is 0 Å². The molecule has 0 saturated carbocycles. The predicted molar refractivity (Wildman–Crippen MR) is 64.1 cm³/mol. The molecule has 0 amide bonds. The van der Waals surface area contributed by atoms with Gasteiger partial charge in [-0.05, 0) is 5.56 Å². The number of rotatable bonds is 4. The summed E-state index contributed by atoms with van der Waals surface area (Å²) in [4.78, 5) is 21.9. The molecule has 0 aliphatic rings. The fourth-order valence-corrected chi connectivity index (χ4v) is 1.55. The molecule has 1 aromatic carbocycles. The van der Waals surface area contributed by atoms with E-state index in [1.165, 1.54) is 6.92 Å². The molecule has 1 N–H and O–H groups in total. The third-order valence-electron chi connectivity index (χ3n) is 2.45. The summed E-state index contributed by atoms with van der Waals surface area (Å²) in [5.74, 6) is -0.971. The van der Waals surface area contributed by atoms with Gasteiger partial charge < -0.3 is 18.7 Å². The molecular weight excluding hydrogens is 252 g/mol. The molecule has 6 nitrogen and oxygen atoms in total. The quantitative estimate of drug-likeness (QED) is 0.841. The number of carbonyl (C=O) groups excluding carboxylic acids is 1. The second kappa shape index (κ2) is 5.53. The Morgan fingerprint density at radius 3 is 2.53 bits per heavy atom. The van der Waals surface area contributed by atoms with E-state index in [0.29, 0.717) is 5.56 Å². The molecule has 19 heavy (non-hydrogen) atoms. The van der Waals surface area contributed by atoms with E-state index < -0.39 is 11.8 Å². The number of carbonyl (C=O) groups is 1. The van der Waals surface area contributed by atoms with E-state index in [4.69, 9.17) is 18.7 Å². The van der Waals surface area contributed by atoms with Crippen LogP contribution in [0.15, 0.2) is 37.9 Å². The van der Waals surface area contributed by atoms with E-state index in [0.717, 1.165) is 5.56 Å². The summed E-state index contributed by atoms with van der Waals surface area (Å²) in [6.45, 7) is 1.02. The molecule has 0 saturated heterocycles. The van der Waals surface area contributed by atoms with Gasteiger partial charge in [-0.1, -0.05) is 24.3 Å². The Kier molecular flexibility index (Phi) is 3.82. The highest BCUT2D eigenvalue weighted by atomic mass is 16.6. The minimum absolute atomic E-state index is 0.0735. The Labute approximate surface area is 108 Å². The maximum Gasteiger partial charge on any atom is 0.519 e. The Balaban J connectivity index is 2.32. The monoisotopic (exact) mass is 264 g/mol. The second-order valence-electron chi connectivity index (χ2n) is 3.84. The molecule has 0 unspecified atom stereocenters. The zero-order valence-electron chi connectivity index (χ0n) is 10.2. The Morgan fingerprint density at radius 1 is 1.26 bits per heavy atom. The van der Waals surface area contributed by atoms with Crippen molar-refractivity contribution in [2.75, 3.05) is 0 Å². The highest BCUT2D eigenvalue weighted by molar-refractivity contribution is 5.66. The molecular formula is C13H12O6. The second-order valence-corrected chi connectivity index (χ2v) is 3.84. The normalized spacial score (nSPS) is 10.4. The molecule has 0 aliphatic heterocycles. The molecule has 2 aromatic rings. The lowest BCUT2D eigenvalue weighted by molar-refractivity contribution is -0.142. The third kappa shape index (κ3) is 3.11. The average Bonchev–Trinajstić information content (AvgIpc) is 2.78. The fourth-order valence-electron chi connectivity index (χ4n) is 1.55. The first-order valence-electron chi connectivity index (χ1n) is 5.56. The van der Waals surface area contributed by atoms with Crippen LogP contribution in [-0.2, 0) is 22.7 Å². The first kappa shape index (κ1) is 13.1. The molecule has 0 aliphatic carbocycles. The van der Waals surface area contributed by atoms with Crippen LogP contribution in [0, 0.1) is 0 Å². The summed E-state index contributed by atoms with van der Waals surface area (Å²) in [5.41, 5.74) is 1.33. The number of aliphatic hydroxyl groups is 1.